The Balaban J connectivity index is 2.47. The van der Waals surface area contributed by atoms with Gasteiger partial charge in [0, 0.05) is 5.41 Å². The molecule has 4 atom stereocenters. The van der Waals surface area contributed by atoms with E-state index in [0.717, 1.165) is 12.8 Å². The number of hydrogen-bond acceptors (Lipinski definition) is 4. The van der Waals surface area contributed by atoms with Crippen molar-refractivity contribution in [2.45, 2.75) is 45.7 Å². The molecule has 0 amide bonds. The molecule has 0 aromatic carbocycles. The molecule has 14 heavy (non-hydrogen) atoms. The third kappa shape index (κ3) is 0.799. The largest absolute Gasteiger partial charge is 0.150 e. The maximum absolute atomic E-state index is 10.8. The molecular formula is C10H16N2O2. The Labute approximate surface area is 83.4 Å². The fourth-order valence-electron chi connectivity index (χ4n) is 3.60. The minimum absolute atomic E-state index is 0.0180. The highest BCUT2D eigenvalue weighted by molar-refractivity contribution is 5.19. The standard InChI is InChI=1S/C10H16N2O2/c1-9(2)6-4-5-10(9,3)8(12-14)7(6)11-13/h6-8H,4-5H2,1-3H3. The van der Waals surface area contributed by atoms with Gasteiger partial charge in [-0.3, -0.25) is 0 Å². The first-order valence-corrected chi connectivity index (χ1v) is 5.14. The van der Waals surface area contributed by atoms with Crippen LogP contribution in [0.25, 0.3) is 0 Å². The van der Waals surface area contributed by atoms with Gasteiger partial charge in [-0.25, -0.2) is 0 Å². The summed E-state index contributed by atoms with van der Waals surface area (Å²) >= 11 is 0. The van der Waals surface area contributed by atoms with E-state index < -0.39 is 6.04 Å². The summed E-state index contributed by atoms with van der Waals surface area (Å²) in [5, 5.41) is 6.27. The lowest BCUT2D eigenvalue weighted by Crippen LogP contribution is -2.37. The van der Waals surface area contributed by atoms with Crippen LogP contribution in [-0.2, 0) is 0 Å². The van der Waals surface area contributed by atoms with E-state index in [4.69, 9.17) is 0 Å². The number of rotatable bonds is 2. The quantitative estimate of drug-likeness (QED) is 0.637. The van der Waals surface area contributed by atoms with Crippen LogP contribution in [0.2, 0.25) is 0 Å². The maximum Gasteiger partial charge on any atom is 0.124 e. The molecule has 0 aromatic rings. The first kappa shape index (κ1) is 9.74. The second-order valence-corrected chi connectivity index (χ2v) is 5.43. The molecule has 2 bridgehead atoms. The lowest BCUT2D eigenvalue weighted by atomic mass is 9.69. The van der Waals surface area contributed by atoms with Crippen LogP contribution < -0.4 is 0 Å². The third-order valence-corrected chi connectivity index (χ3v) is 5.00. The van der Waals surface area contributed by atoms with Crippen LogP contribution >= 0.6 is 0 Å². The first-order chi connectivity index (χ1) is 6.49. The predicted molar refractivity (Wildman–Crippen MR) is 53.8 cm³/mol. The van der Waals surface area contributed by atoms with Crippen molar-refractivity contribution in [3.05, 3.63) is 9.81 Å². The van der Waals surface area contributed by atoms with Gasteiger partial charge in [0.05, 0.1) is 0 Å². The van der Waals surface area contributed by atoms with Gasteiger partial charge in [-0.15, -0.1) is 0 Å². The summed E-state index contributed by atoms with van der Waals surface area (Å²) in [4.78, 5) is 21.6. The molecular weight excluding hydrogens is 180 g/mol. The molecule has 4 unspecified atom stereocenters. The summed E-state index contributed by atoms with van der Waals surface area (Å²) in [6.07, 6.45) is 2.00. The van der Waals surface area contributed by atoms with Crippen LogP contribution in [0.5, 0.6) is 0 Å². The smallest absolute Gasteiger partial charge is 0.124 e. The molecule has 4 nitrogen and oxygen atoms in total. The zero-order valence-corrected chi connectivity index (χ0v) is 8.86. The summed E-state index contributed by atoms with van der Waals surface area (Å²) in [6, 6.07) is -0.796. The predicted octanol–water partition coefficient (Wildman–Crippen LogP) is 2.71. The Morgan fingerprint density at radius 2 is 1.79 bits per heavy atom. The van der Waals surface area contributed by atoms with Crippen LogP contribution in [0, 0.1) is 26.6 Å². The van der Waals surface area contributed by atoms with E-state index in [1.165, 1.54) is 0 Å². The molecule has 0 aromatic heterocycles. The zero-order valence-electron chi connectivity index (χ0n) is 8.86. The molecule has 0 heterocycles. The van der Waals surface area contributed by atoms with Crippen molar-refractivity contribution >= 4 is 0 Å². The minimum atomic E-state index is -0.409. The average Bonchev–Trinajstić information content (AvgIpc) is 2.46. The van der Waals surface area contributed by atoms with E-state index in [0.29, 0.717) is 0 Å². The van der Waals surface area contributed by atoms with Crippen LogP contribution in [0.4, 0.5) is 0 Å². The second kappa shape index (κ2) is 2.61. The molecule has 0 N–H and O–H groups in total. The Morgan fingerprint density at radius 1 is 1.14 bits per heavy atom. The van der Waals surface area contributed by atoms with Gasteiger partial charge in [-0.05, 0) is 24.2 Å². The number of fused-ring (bicyclic) bond motifs is 2. The fourth-order valence-corrected chi connectivity index (χ4v) is 3.60. The first-order valence-electron chi connectivity index (χ1n) is 5.14. The van der Waals surface area contributed by atoms with Crippen molar-refractivity contribution in [2.24, 2.45) is 27.1 Å². The Hall–Kier alpha value is -0.800. The maximum atomic E-state index is 10.8. The van der Waals surface area contributed by atoms with Gasteiger partial charge >= 0.3 is 0 Å². The van der Waals surface area contributed by atoms with Crippen LogP contribution in [0.15, 0.2) is 10.4 Å². The fraction of sp³-hybridized carbons (Fsp3) is 1.00. The van der Waals surface area contributed by atoms with E-state index in [1.54, 1.807) is 0 Å². The Kier molecular flexibility index (Phi) is 1.82. The van der Waals surface area contributed by atoms with Gasteiger partial charge in [0.25, 0.3) is 0 Å². The summed E-state index contributed by atoms with van der Waals surface area (Å²) < 4.78 is 0. The molecule has 4 heteroatoms. The Morgan fingerprint density at radius 3 is 2.21 bits per heavy atom. The summed E-state index contributed by atoms with van der Waals surface area (Å²) in [5.74, 6) is 0.243. The molecule has 2 saturated carbocycles. The highest BCUT2D eigenvalue weighted by Crippen LogP contribution is 2.66. The number of nitrogens with zero attached hydrogens (tertiary/aromatic N) is 2. The molecule has 2 aliphatic rings. The minimum Gasteiger partial charge on any atom is -0.150 e. The Bertz CT molecular complexity index is 290. The molecule has 2 rings (SSSR count). The zero-order chi connectivity index (χ0) is 10.6. The summed E-state index contributed by atoms with van der Waals surface area (Å²) in [7, 11) is 0. The van der Waals surface area contributed by atoms with Gasteiger partial charge in [0.15, 0.2) is 0 Å². The lowest BCUT2D eigenvalue weighted by Gasteiger charge is -2.35. The van der Waals surface area contributed by atoms with Gasteiger partial charge < -0.3 is 0 Å². The van der Waals surface area contributed by atoms with E-state index in [1.807, 2.05) is 0 Å². The summed E-state index contributed by atoms with van der Waals surface area (Å²) in [6.45, 7) is 6.34. The lowest BCUT2D eigenvalue weighted by molar-refractivity contribution is 0.136. The van der Waals surface area contributed by atoms with E-state index >= 15 is 0 Å². The van der Waals surface area contributed by atoms with Crippen LogP contribution in [0.3, 0.4) is 0 Å². The molecule has 0 spiro atoms. The number of hydrogen-bond donors (Lipinski definition) is 0. The highest BCUT2D eigenvalue weighted by Gasteiger charge is 2.68. The summed E-state index contributed by atoms with van der Waals surface area (Å²) in [5.41, 5.74) is -0.109. The van der Waals surface area contributed by atoms with E-state index in [-0.39, 0.29) is 22.8 Å². The van der Waals surface area contributed by atoms with Crippen molar-refractivity contribution in [1.29, 1.82) is 0 Å². The van der Waals surface area contributed by atoms with Crippen LogP contribution in [0.1, 0.15) is 33.6 Å². The molecule has 0 radical (unpaired) electrons. The molecule has 2 fully saturated rings. The topological polar surface area (TPSA) is 58.9 Å². The van der Waals surface area contributed by atoms with Crippen molar-refractivity contribution in [1.82, 2.24) is 0 Å². The highest BCUT2D eigenvalue weighted by atomic mass is 16.3. The van der Waals surface area contributed by atoms with Crippen molar-refractivity contribution in [3.63, 3.8) is 0 Å². The van der Waals surface area contributed by atoms with Crippen LogP contribution in [-0.4, -0.2) is 12.1 Å². The molecule has 0 saturated heterocycles. The molecule has 2 aliphatic carbocycles. The van der Waals surface area contributed by atoms with Gasteiger partial charge in [-0.2, -0.15) is 9.81 Å². The second-order valence-electron chi connectivity index (χ2n) is 5.43. The third-order valence-electron chi connectivity index (χ3n) is 5.00. The monoisotopic (exact) mass is 196 g/mol. The average molecular weight is 196 g/mol. The van der Waals surface area contributed by atoms with Gasteiger partial charge in [-0.1, -0.05) is 31.1 Å². The normalized spacial score (nSPS) is 49.2. The van der Waals surface area contributed by atoms with Crippen molar-refractivity contribution < 1.29 is 0 Å². The van der Waals surface area contributed by atoms with E-state index in [9.17, 15) is 9.81 Å². The number of nitroso groups, excluding NO2 is 2. The van der Waals surface area contributed by atoms with Gasteiger partial charge in [0.1, 0.15) is 12.1 Å². The van der Waals surface area contributed by atoms with Crippen molar-refractivity contribution in [3.8, 4) is 0 Å². The van der Waals surface area contributed by atoms with Gasteiger partial charge in [0.2, 0.25) is 0 Å². The molecule has 0 aliphatic heterocycles. The van der Waals surface area contributed by atoms with Crippen molar-refractivity contribution in [2.75, 3.05) is 0 Å². The van der Waals surface area contributed by atoms with E-state index in [2.05, 4.69) is 31.1 Å². The SMILES string of the molecule is CC1(C)C2CCC1(C)C(N=O)C2N=O. The molecule has 78 valence electrons.